The molecule has 0 saturated heterocycles. The van der Waals surface area contributed by atoms with E-state index < -0.39 is 0 Å². The van der Waals surface area contributed by atoms with Crippen LogP contribution < -0.4 is 10.6 Å². The molecular weight excluding hydrogens is 348 g/mol. The van der Waals surface area contributed by atoms with Gasteiger partial charge in [0.25, 0.3) is 0 Å². The van der Waals surface area contributed by atoms with E-state index in [-0.39, 0.29) is 23.7 Å². The molecule has 4 nitrogen and oxygen atoms in total. The standard InChI is InChI=1S/C24H30N2O2/c1-17-6-8-19(9-7-17)15-25-23(27)21-10-12-22(13-11-21)24(28)26-16-20-5-3-4-18(2)14-20/h3-9,14,21-22H,10-13,15-16H2,1-2H3,(H,25,27)(H,26,28). The van der Waals surface area contributed by atoms with Crippen LogP contribution in [-0.4, -0.2) is 11.8 Å². The zero-order valence-corrected chi connectivity index (χ0v) is 16.8. The monoisotopic (exact) mass is 378 g/mol. The largest absolute Gasteiger partial charge is 0.352 e. The predicted molar refractivity (Wildman–Crippen MR) is 111 cm³/mol. The maximum Gasteiger partial charge on any atom is 0.223 e. The van der Waals surface area contributed by atoms with Crippen LogP contribution in [0.25, 0.3) is 0 Å². The number of benzene rings is 2. The van der Waals surface area contributed by atoms with Crippen molar-refractivity contribution >= 4 is 11.8 Å². The molecule has 0 radical (unpaired) electrons. The number of hydrogen-bond acceptors (Lipinski definition) is 2. The Labute approximate surface area is 167 Å². The zero-order chi connectivity index (χ0) is 19.9. The molecule has 28 heavy (non-hydrogen) atoms. The molecule has 0 aliphatic heterocycles. The number of nitrogens with one attached hydrogen (secondary N) is 2. The van der Waals surface area contributed by atoms with E-state index in [4.69, 9.17) is 0 Å². The quantitative estimate of drug-likeness (QED) is 0.797. The third kappa shape index (κ3) is 5.69. The number of amides is 2. The van der Waals surface area contributed by atoms with E-state index in [1.54, 1.807) is 0 Å². The summed E-state index contributed by atoms with van der Waals surface area (Å²) in [6.45, 7) is 5.24. The molecule has 0 heterocycles. The van der Waals surface area contributed by atoms with Crippen LogP contribution in [-0.2, 0) is 22.7 Å². The van der Waals surface area contributed by atoms with Gasteiger partial charge in [0, 0.05) is 24.9 Å². The summed E-state index contributed by atoms with van der Waals surface area (Å²) < 4.78 is 0. The molecule has 0 bridgehead atoms. The van der Waals surface area contributed by atoms with Crippen LogP contribution in [0.4, 0.5) is 0 Å². The molecule has 2 aromatic rings. The van der Waals surface area contributed by atoms with Crippen molar-refractivity contribution in [1.29, 1.82) is 0 Å². The molecule has 3 rings (SSSR count). The van der Waals surface area contributed by atoms with Gasteiger partial charge in [-0.05, 0) is 50.7 Å². The maximum absolute atomic E-state index is 12.5. The number of carbonyl (C=O) groups excluding carboxylic acids is 2. The van der Waals surface area contributed by atoms with Crippen molar-refractivity contribution in [2.45, 2.75) is 52.6 Å². The Kier molecular flexibility index (Phi) is 6.85. The van der Waals surface area contributed by atoms with Crippen LogP contribution >= 0.6 is 0 Å². The fraction of sp³-hybridized carbons (Fsp3) is 0.417. The number of aryl methyl sites for hydroxylation is 2. The SMILES string of the molecule is Cc1ccc(CNC(=O)C2CCC(C(=O)NCc3cccc(C)c3)CC2)cc1. The van der Waals surface area contributed by atoms with Gasteiger partial charge in [-0.3, -0.25) is 9.59 Å². The zero-order valence-electron chi connectivity index (χ0n) is 16.8. The number of rotatable bonds is 6. The molecule has 2 aromatic carbocycles. The Bertz CT molecular complexity index is 806. The van der Waals surface area contributed by atoms with Crippen molar-refractivity contribution in [1.82, 2.24) is 10.6 Å². The first-order valence-electron chi connectivity index (χ1n) is 10.2. The van der Waals surface area contributed by atoms with Crippen LogP contribution in [0, 0.1) is 25.7 Å². The number of hydrogen-bond donors (Lipinski definition) is 2. The lowest BCUT2D eigenvalue weighted by Crippen LogP contribution is -2.37. The lowest BCUT2D eigenvalue weighted by molar-refractivity contribution is -0.130. The van der Waals surface area contributed by atoms with Crippen molar-refractivity contribution in [3.05, 3.63) is 70.8 Å². The average molecular weight is 379 g/mol. The summed E-state index contributed by atoms with van der Waals surface area (Å²) >= 11 is 0. The second kappa shape index (κ2) is 9.54. The summed E-state index contributed by atoms with van der Waals surface area (Å²) in [7, 11) is 0. The molecule has 0 atom stereocenters. The van der Waals surface area contributed by atoms with Gasteiger partial charge < -0.3 is 10.6 Å². The van der Waals surface area contributed by atoms with Crippen molar-refractivity contribution in [2.75, 3.05) is 0 Å². The molecule has 1 aliphatic rings. The lowest BCUT2D eigenvalue weighted by Gasteiger charge is -2.27. The topological polar surface area (TPSA) is 58.2 Å². The van der Waals surface area contributed by atoms with Crippen molar-refractivity contribution in [3.8, 4) is 0 Å². The van der Waals surface area contributed by atoms with Crippen molar-refractivity contribution < 1.29 is 9.59 Å². The fourth-order valence-electron chi connectivity index (χ4n) is 3.81. The van der Waals surface area contributed by atoms with E-state index >= 15 is 0 Å². The second-order valence-corrected chi connectivity index (χ2v) is 7.96. The van der Waals surface area contributed by atoms with E-state index in [0.29, 0.717) is 13.1 Å². The van der Waals surface area contributed by atoms with E-state index in [1.165, 1.54) is 11.1 Å². The Hall–Kier alpha value is -2.62. The summed E-state index contributed by atoms with van der Waals surface area (Å²) in [5, 5.41) is 6.10. The van der Waals surface area contributed by atoms with Crippen LogP contribution in [0.15, 0.2) is 48.5 Å². The van der Waals surface area contributed by atoms with Gasteiger partial charge in [0.2, 0.25) is 11.8 Å². The summed E-state index contributed by atoms with van der Waals surface area (Å²) in [5.74, 6) is 0.261. The minimum absolute atomic E-state index is 0.0194. The van der Waals surface area contributed by atoms with Crippen molar-refractivity contribution in [2.24, 2.45) is 11.8 Å². The van der Waals surface area contributed by atoms with Gasteiger partial charge in [-0.1, -0.05) is 59.7 Å². The molecule has 1 saturated carbocycles. The van der Waals surface area contributed by atoms with Gasteiger partial charge >= 0.3 is 0 Å². The lowest BCUT2D eigenvalue weighted by atomic mass is 9.81. The number of carbonyl (C=O) groups is 2. The molecule has 148 valence electrons. The molecule has 0 spiro atoms. The third-order valence-corrected chi connectivity index (χ3v) is 5.61. The van der Waals surface area contributed by atoms with Gasteiger partial charge in [-0.25, -0.2) is 0 Å². The smallest absolute Gasteiger partial charge is 0.223 e. The normalized spacial score (nSPS) is 19.1. The first kappa shape index (κ1) is 20.1. The van der Waals surface area contributed by atoms with Crippen LogP contribution in [0.5, 0.6) is 0 Å². The maximum atomic E-state index is 12.5. The summed E-state index contributed by atoms with van der Waals surface area (Å²) in [6.07, 6.45) is 3.12. The highest BCUT2D eigenvalue weighted by Crippen LogP contribution is 2.29. The van der Waals surface area contributed by atoms with Gasteiger partial charge in [0.15, 0.2) is 0 Å². The molecule has 1 fully saturated rings. The van der Waals surface area contributed by atoms with Crippen LogP contribution in [0.2, 0.25) is 0 Å². The molecule has 1 aliphatic carbocycles. The summed E-state index contributed by atoms with van der Waals surface area (Å²) in [5.41, 5.74) is 4.65. The highest BCUT2D eigenvalue weighted by Gasteiger charge is 2.29. The van der Waals surface area contributed by atoms with E-state index in [1.807, 2.05) is 24.3 Å². The molecule has 2 amide bonds. The first-order valence-corrected chi connectivity index (χ1v) is 10.2. The Balaban J connectivity index is 1.40. The molecule has 0 unspecified atom stereocenters. The van der Waals surface area contributed by atoms with E-state index in [9.17, 15) is 9.59 Å². The second-order valence-electron chi connectivity index (χ2n) is 7.96. The first-order chi connectivity index (χ1) is 13.5. The average Bonchev–Trinajstić information content (AvgIpc) is 2.71. The van der Waals surface area contributed by atoms with Crippen LogP contribution in [0.1, 0.15) is 47.9 Å². The Morgan fingerprint density at radius 1 is 0.750 bits per heavy atom. The summed E-state index contributed by atoms with van der Waals surface area (Å²) in [4.78, 5) is 24.9. The summed E-state index contributed by atoms with van der Waals surface area (Å²) in [6, 6.07) is 16.4. The highest BCUT2D eigenvalue weighted by molar-refractivity contribution is 5.81. The van der Waals surface area contributed by atoms with Gasteiger partial charge in [0.05, 0.1) is 0 Å². The Morgan fingerprint density at radius 2 is 1.29 bits per heavy atom. The molecule has 4 heteroatoms. The fourth-order valence-corrected chi connectivity index (χ4v) is 3.81. The van der Waals surface area contributed by atoms with Gasteiger partial charge in [0.1, 0.15) is 0 Å². The van der Waals surface area contributed by atoms with Gasteiger partial charge in [-0.15, -0.1) is 0 Å². The molecule has 2 N–H and O–H groups in total. The molecular formula is C24H30N2O2. The van der Waals surface area contributed by atoms with Gasteiger partial charge in [-0.2, -0.15) is 0 Å². The Morgan fingerprint density at radius 3 is 1.82 bits per heavy atom. The van der Waals surface area contributed by atoms with E-state index in [2.05, 4.69) is 48.7 Å². The van der Waals surface area contributed by atoms with Crippen LogP contribution in [0.3, 0.4) is 0 Å². The predicted octanol–water partition coefficient (Wildman–Crippen LogP) is 4.04. The minimum atomic E-state index is 0.0194. The minimum Gasteiger partial charge on any atom is -0.352 e. The van der Waals surface area contributed by atoms with Crippen molar-refractivity contribution in [3.63, 3.8) is 0 Å². The molecule has 0 aromatic heterocycles. The third-order valence-electron chi connectivity index (χ3n) is 5.61. The highest BCUT2D eigenvalue weighted by atomic mass is 16.2. The van der Waals surface area contributed by atoms with E-state index in [0.717, 1.165) is 36.8 Å².